The molecule has 1 aliphatic rings. The van der Waals surface area contributed by atoms with Crippen molar-refractivity contribution >= 4 is 0 Å². The Kier molecular flexibility index (Phi) is 3.69. The van der Waals surface area contributed by atoms with E-state index < -0.39 is 0 Å². The lowest BCUT2D eigenvalue weighted by molar-refractivity contribution is 0.285. The Morgan fingerprint density at radius 1 is 1.35 bits per heavy atom. The molecule has 0 unspecified atom stereocenters. The first kappa shape index (κ1) is 13.1. The van der Waals surface area contributed by atoms with Crippen molar-refractivity contribution in [3.63, 3.8) is 0 Å². The van der Waals surface area contributed by atoms with Crippen LogP contribution in [0.5, 0.6) is 5.75 Å². The summed E-state index contributed by atoms with van der Waals surface area (Å²) < 4.78 is 21.2. The molecule has 1 aromatic heterocycles. The average Bonchev–Trinajstić information content (AvgIpc) is 3.16. The van der Waals surface area contributed by atoms with Crippen LogP contribution >= 0.6 is 0 Å². The molecule has 0 spiro atoms. The summed E-state index contributed by atoms with van der Waals surface area (Å²) in [6.07, 6.45) is 5.97. The van der Waals surface area contributed by atoms with E-state index >= 15 is 0 Å². The summed E-state index contributed by atoms with van der Waals surface area (Å²) in [7, 11) is 0. The largest absolute Gasteiger partial charge is 0.490 e. The van der Waals surface area contributed by atoms with E-state index in [-0.39, 0.29) is 5.82 Å². The van der Waals surface area contributed by atoms with Gasteiger partial charge in [0.1, 0.15) is 0 Å². The lowest BCUT2D eigenvalue weighted by Gasteiger charge is -2.07. The first-order valence-electron chi connectivity index (χ1n) is 6.91. The fourth-order valence-corrected chi connectivity index (χ4v) is 2.06. The van der Waals surface area contributed by atoms with E-state index in [0.29, 0.717) is 31.4 Å². The van der Waals surface area contributed by atoms with Gasteiger partial charge in [-0.15, -0.1) is 0 Å². The molecule has 0 radical (unpaired) electrons. The first-order valence-corrected chi connectivity index (χ1v) is 6.91. The molecule has 20 heavy (non-hydrogen) atoms. The third kappa shape index (κ3) is 2.99. The molecule has 4 nitrogen and oxygen atoms in total. The molecule has 1 aromatic carbocycles. The lowest BCUT2D eigenvalue weighted by Crippen LogP contribution is -2.09. The Balaban J connectivity index is 1.73. The third-order valence-electron chi connectivity index (χ3n) is 3.43. The van der Waals surface area contributed by atoms with Crippen LogP contribution in [-0.4, -0.2) is 22.9 Å². The van der Waals surface area contributed by atoms with Crippen molar-refractivity contribution in [3.05, 3.63) is 36.4 Å². The van der Waals surface area contributed by atoms with E-state index in [1.807, 2.05) is 12.3 Å². The van der Waals surface area contributed by atoms with Gasteiger partial charge in [-0.05, 0) is 36.5 Å². The molecule has 0 amide bonds. The van der Waals surface area contributed by atoms with E-state index in [2.05, 4.69) is 5.10 Å². The number of benzene rings is 1. The summed E-state index contributed by atoms with van der Waals surface area (Å²) in [6.45, 7) is 1.80. The maximum atomic E-state index is 14.0. The molecule has 2 N–H and O–H groups in total. The normalized spacial score (nSPS) is 14.5. The Bertz CT molecular complexity index is 593. The van der Waals surface area contributed by atoms with Crippen molar-refractivity contribution in [2.75, 3.05) is 13.2 Å². The number of rotatable bonds is 6. The Labute approximate surface area is 117 Å². The van der Waals surface area contributed by atoms with Crippen molar-refractivity contribution in [1.82, 2.24) is 9.78 Å². The predicted octanol–water partition coefficient (Wildman–Crippen LogP) is 2.44. The van der Waals surface area contributed by atoms with Crippen LogP contribution < -0.4 is 10.5 Å². The molecule has 0 bridgehead atoms. The van der Waals surface area contributed by atoms with Crippen LogP contribution in [0.25, 0.3) is 11.1 Å². The van der Waals surface area contributed by atoms with Crippen molar-refractivity contribution in [3.8, 4) is 16.9 Å². The second-order valence-electron chi connectivity index (χ2n) is 5.18. The monoisotopic (exact) mass is 275 g/mol. The first-order chi connectivity index (χ1) is 9.76. The van der Waals surface area contributed by atoms with E-state index in [1.165, 1.54) is 18.9 Å². The maximum Gasteiger partial charge on any atom is 0.165 e. The Hall–Kier alpha value is -1.88. The molecule has 1 fully saturated rings. The quantitative estimate of drug-likeness (QED) is 0.881. The van der Waals surface area contributed by atoms with Gasteiger partial charge in [0.2, 0.25) is 0 Å². The average molecular weight is 275 g/mol. The lowest BCUT2D eigenvalue weighted by atomic mass is 10.1. The Morgan fingerprint density at radius 3 is 2.90 bits per heavy atom. The maximum absolute atomic E-state index is 14.0. The number of hydrogen-bond donors (Lipinski definition) is 1. The van der Waals surface area contributed by atoms with Crippen LogP contribution in [0.15, 0.2) is 30.6 Å². The van der Waals surface area contributed by atoms with Crippen LogP contribution in [0.1, 0.15) is 12.8 Å². The van der Waals surface area contributed by atoms with Crippen molar-refractivity contribution in [2.45, 2.75) is 19.4 Å². The third-order valence-corrected chi connectivity index (χ3v) is 3.43. The topological polar surface area (TPSA) is 53.1 Å². The van der Waals surface area contributed by atoms with E-state index in [0.717, 1.165) is 11.1 Å². The molecular weight excluding hydrogens is 257 g/mol. The number of aromatic nitrogens is 2. The molecular formula is C15H18FN3O. The zero-order chi connectivity index (χ0) is 13.9. The van der Waals surface area contributed by atoms with Crippen LogP contribution in [0, 0.1) is 11.7 Å². The number of nitrogens with two attached hydrogens (primary N) is 1. The zero-order valence-corrected chi connectivity index (χ0v) is 11.3. The van der Waals surface area contributed by atoms with Gasteiger partial charge >= 0.3 is 0 Å². The molecule has 5 heteroatoms. The minimum absolute atomic E-state index is 0.324. The summed E-state index contributed by atoms with van der Waals surface area (Å²) in [5.74, 6) is 0.619. The molecule has 0 atom stereocenters. The van der Waals surface area contributed by atoms with Crippen LogP contribution in [0.3, 0.4) is 0 Å². The molecule has 1 heterocycles. The summed E-state index contributed by atoms with van der Waals surface area (Å²) in [4.78, 5) is 0. The standard InChI is InChI=1S/C15H18FN3O/c16-14-7-12(13-8-18-19(9-13)6-5-17)3-4-15(14)20-10-11-1-2-11/h3-4,7-9,11H,1-2,5-6,10,17H2. The highest BCUT2D eigenvalue weighted by Gasteiger charge is 2.22. The molecule has 3 rings (SSSR count). The summed E-state index contributed by atoms with van der Waals surface area (Å²) >= 11 is 0. The van der Waals surface area contributed by atoms with Gasteiger partial charge in [-0.1, -0.05) is 6.07 Å². The minimum atomic E-state index is -0.324. The highest BCUT2D eigenvalue weighted by Crippen LogP contribution is 2.31. The van der Waals surface area contributed by atoms with Crippen LogP contribution in [0.2, 0.25) is 0 Å². The second-order valence-corrected chi connectivity index (χ2v) is 5.18. The molecule has 2 aromatic rings. The van der Waals surface area contributed by atoms with Gasteiger partial charge in [0.25, 0.3) is 0 Å². The van der Waals surface area contributed by atoms with Gasteiger partial charge in [-0.2, -0.15) is 5.10 Å². The Morgan fingerprint density at radius 2 is 2.20 bits per heavy atom. The number of nitrogens with zero attached hydrogens (tertiary/aromatic N) is 2. The van der Waals surface area contributed by atoms with E-state index in [1.54, 1.807) is 16.9 Å². The number of halogens is 1. The van der Waals surface area contributed by atoms with Gasteiger partial charge in [0, 0.05) is 18.3 Å². The highest BCUT2D eigenvalue weighted by molar-refractivity contribution is 5.62. The molecule has 1 aliphatic carbocycles. The summed E-state index contributed by atoms with van der Waals surface area (Å²) in [6, 6.07) is 5.04. The van der Waals surface area contributed by atoms with Crippen molar-refractivity contribution in [2.24, 2.45) is 11.7 Å². The number of hydrogen-bond acceptors (Lipinski definition) is 3. The summed E-state index contributed by atoms with van der Waals surface area (Å²) in [5, 5.41) is 4.19. The highest BCUT2D eigenvalue weighted by atomic mass is 19.1. The van der Waals surface area contributed by atoms with Gasteiger partial charge in [-0.3, -0.25) is 4.68 Å². The predicted molar refractivity (Wildman–Crippen MR) is 74.9 cm³/mol. The van der Waals surface area contributed by atoms with E-state index in [9.17, 15) is 4.39 Å². The fourth-order valence-electron chi connectivity index (χ4n) is 2.06. The fraction of sp³-hybridized carbons (Fsp3) is 0.400. The molecule has 0 saturated heterocycles. The SMILES string of the molecule is NCCn1cc(-c2ccc(OCC3CC3)c(F)c2)cn1. The van der Waals surface area contributed by atoms with Gasteiger partial charge in [0.05, 0.1) is 19.3 Å². The molecule has 1 saturated carbocycles. The van der Waals surface area contributed by atoms with Gasteiger partial charge in [0.15, 0.2) is 11.6 Å². The summed E-state index contributed by atoms with van der Waals surface area (Å²) in [5.41, 5.74) is 7.15. The molecule has 106 valence electrons. The van der Waals surface area contributed by atoms with Gasteiger partial charge < -0.3 is 10.5 Å². The number of ether oxygens (including phenoxy) is 1. The van der Waals surface area contributed by atoms with Crippen molar-refractivity contribution < 1.29 is 9.13 Å². The van der Waals surface area contributed by atoms with E-state index in [4.69, 9.17) is 10.5 Å². The van der Waals surface area contributed by atoms with Crippen molar-refractivity contribution in [1.29, 1.82) is 0 Å². The molecule has 0 aliphatic heterocycles. The minimum Gasteiger partial charge on any atom is -0.490 e. The van der Waals surface area contributed by atoms with Gasteiger partial charge in [-0.25, -0.2) is 4.39 Å². The van der Waals surface area contributed by atoms with Crippen LogP contribution in [-0.2, 0) is 6.54 Å². The smallest absolute Gasteiger partial charge is 0.165 e. The zero-order valence-electron chi connectivity index (χ0n) is 11.3. The second kappa shape index (κ2) is 5.63. The van der Waals surface area contributed by atoms with Crippen LogP contribution in [0.4, 0.5) is 4.39 Å².